The second-order valence-electron chi connectivity index (χ2n) is 3.82. The number of hydrogen-bond donors (Lipinski definition) is 1. The highest BCUT2D eigenvalue weighted by atomic mass is 79.9. The molecule has 0 radical (unpaired) electrons. The summed E-state index contributed by atoms with van der Waals surface area (Å²) in [5.74, 6) is 1.41. The maximum Gasteiger partial charge on any atom is 0.144 e. The minimum absolute atomic E-state index is 0.425. The van der Waals surface area contributed by atoms with E-state index in [1.807, 2.05) is 24.3 Å². The van der Waals surface area contributed by atoms with Gasteiger partial charge in [0.1, 0.15) is 16.2 Å². The third-order valence-corrected chi connectivity index (χ3v) is 4.00. The first-order valence-electron chi connectivity index (χ1n) is 5.58. The van der Waals surface area contributed by atoms with Crippen molar-refractivity contribution in [1.82, 2.24) is 9.97 Å². The molecule has 0 aliphatic carbocycles. The second kappa shape index (κ2) is 6.27. The van der Waals surface area contributed by atoms with Gasteiger partial charge in [0.25, 0.3) is 0 Å². The lowest BCUT2D eigenvalue weighted by Gasteiger charge is -2.10. The average molecular weight is 341 g/mol. The molecule has 0 unspecified atom stereocenters. The van der Waals surface area contributed by atoms with Gasteiger partial charge in [-0.3, -0.25) is 0 Å². The predicted octanol–water partition coefficient (Wildman–Crippen LogP) is 3.72. The van der Waals surface area contributed by atoms with Crippen LogP contribution in [-0.4, -0.2) is 24.2 Å². The van der Waals surface area contributed by atoms with E-state index in [-0.39, 0.29) is 0 Å². The number of nitrogens with one attached hydrogen (secondary N) is 1. The number of para-hydroxylation sites is 1. The lowest BCUT2D eigenvalue weighted by Crippen LogP contribution is -2.00. The third kappa shape index (κ3) is 3.02. The van der Waals surface area contributed by atoms with E-state index >= 15 is 0 Å². The average Bonchev–Trinajstić information content (AvgIpc) is 2.43. The molecule has 4 nitrogen and oxygen atoms in total. The molecule has 0 aliphatic heterocycles. The molecule has 1 N–H and O–H groups in total. The fraction of sp³-hybridized carbons (Fsp3) is 0.231. The number of hydrogen-bond acceptors (Lipinski definition) is 4. The normalized spacial score (nSPS) is 10.5. The van der Waals surface area contributed by atoms with Gasteiger partial charge in [-0.05, 0) is 28.1 Å². The maximum atomic E-state index is 5.33. The van der Waals surface area contributed by atoms with E-state index in [1.165, 1.54) is 0 Å². The summed E-state index contributed by atoms with van der Waals surface area (Å²) in [5, 5.41) is 0. The van der Waals surface area contributed by atoms with Crippen LogP contribution in [-0.2, 0) is 11.3 Å². The first kappa shape index (κ1) is 14.2. The number of aromatic nitrogens is 2. The molecule has 0 aliphatic rings. The summed E-state index contributed by atoms with van der Waals surface area (Å²) in [6.07, 6.45) is 0. The zero-order chi connectivity index (χ0) is 13.8. The maximum absolute atomic E-state index is 5.33. The van der Waals surface area contributed by atoms with Crippen LogP contribution in [0.3, 0.4) is 0 Å². The number of methoxy groups -OCH3 is 2. The van der Waals surface area contributed by atoms with Gasteiger partial charge in [-0.2, -0.15) is 0 Å². The van der Waals surface area contributed by atoms with Crippen molar-refractivity contribution < 1.29 is 9.47 Å². The number of halogens is 1. The highest BCUT2D eigenvalue weighted by Gasteiger charge is 2.11. The van der Waals surface area contributed by atoms with Gasteiger partial charge >= 0.3 is 0 Å². The molecular weight excluding hydrogens is 328 g/mol. The molecule has 1 heterocycles. The summed E-state index contributed by atoms with van der Waals surface area (Å²) in [4.78, 5) is 7.59. The van der Waals surface area contributed by atoms with Gasteiger partial charge in [0.15, 0.2) is 0 Å². The minimum Gasteiger partial charge on any atom is -0.496 e. The molecule has 6 heteroatoms. The van der Waals surface area contributed by atoms with Gasteiger partial charge in [0, 0.05) is 7.11 Å². The van der Waals surface area contributed by atoms with E-state index in [2.05, 4.69) is 25.9 Å². The van der Waals surface area contributed by atoms with Crippen LogP contribution in [0, 0.1) is 4.64 Å². The number of benzene rings is 1. The van der Waals surface area contributed by atoms with Gasteiger partial charge in [0.05, 0.1) is 29.4 Å². The van der Waals surface area contributed by atoms with Crippen molar-refractivity contribution in [3.8, 4) is 17.1 Å². The molecular formula is C13H13BrN2O2S. The molecule has 1 aromatic carbocycles. The molecule has 2 rings (SSSR count). The van der Waals surface area contributed by atoms with Crippen LogP contribution in [0.4, 0.5) is 0 Å². The van der Waals surface area contributed by atoms with E-state index in [4.69, 9.17) is 21.7 Å². The highest BCUT2D eigenvalue weighted by Crippen LogP contribution is 2.28. The Balaban J connectivity index is 2.59. The molecule has 0 amide bonds. The zero-order valence-corrected chi connectivity index (χ0v) is 13.0. The van der Waals surface area contributed by atoms with Crippen LogP contribution >= 0.6 is 28.1 Å². The van der Waals surface area contributed by atoms with Gasteiger partial charge in [-0.25, -0.2) is 4.98 Å². The fourth-order valence-corrected chi connectivity index (χ4v) is 2.23. The van der Waals surface area contributed by atoms with E-state index in [0.717, 1.165) is 21.5 Å². The summed E-state index contributed by atoms with van der Waals surface area (Å²) in [5.41, 5.74) is 1.71. The molecule has 0 spiro atoms. The lowest BCUT2D eigenvalue weighted by atomic mass is 10.2. The first-order valence-corrected chi connectivity index (χ1v) is 6.78. The van der Waals surface area contributed by atoms with Crippen molar-refractivity contribution >= 4 is 28.1 Å². The van der Waals surface area contributed by atoms with Crippen LogP contribution in [0.2, 0.25) is 0 Å². The topological polar surface area (TPSA) is 47.1 Å². The Labute approximate surface area is 124 Å². The van der Waals surface area contributed by atoms with Crippen LogP contribution in [0.15, 0.2) is 28.7 Å². The standard InChI is InChI=1S/C13H13BrN2O2S/c1-17-7-9-11(14)13(19)16-12(15-9)8-5-3-4-6-10(8)18-2/h3-6H,7H2,1-2H3,(H,15,16,19). The second-order valence-corrected chi connectivity index (χ2v) is 5.00. The first-order chi connectivity index (χ1) is 9.17. The number of aromatic amines is 1. The van der Waals surface area contributed by atoms with Gasteiger partial charge in [0.2, 0.25) is 0 Å². The lowest BCUT2D eigenvalue weighted by molar-refractivity contribution is 0.181. The van der Waals surface area contributed by atoms with Crippen LogP contribution in [0.25, 0.3) is 11.4 Å². The molecule has 2 aromatic rings. The number of rotatable bonds is 4. The molecule has 19 heavy (non-hydrogen) atoms. The number of H-pyrrole nitrogens is 1. The van der Waals surface area contributed by atoms with Crippen molar-refractivity contribution in [3.05, 3.63) is 39.1 Å². The Morgan fingerprint density at radius 3 is 2.74 bits per heavy atom. The SMILES string of the molecule is COCc1[nH]c(-c2ccccc2OC)nc(=S)c1Br. The van der Waals surface area contributed by atoms with E-state index < -0.39 is 0 Å². The molecule has 100 valence electrons. The van der Waals surface area contributed by atoms with Crippen molar-refractivity contribution in [1.29, 1.82) is 0 Å². The summed E-state index contributed by atoms with van der Waals surface area (Å²) < 4.78 is 11.7. The van der Waals surface area contributed by atoms with Gasteiger partial charge in [-0.15, -0.1) is 0 Å². The fourth-order valence-electron chi connectivity index (χ4n) is 1.72. The van der Waals surface area contributed by atoms with Gasteiger partial charge in [-0.1, -0.05) is 24.4 Å². The molecule has 1 aromatic heterocycles. The third-order valence-electron chi connectivity index (χ3n) is 2.59. The van der Waals surface area contributed by atoms with Crippen molar-refractivity contribution in [2.45, 2.75) is 6.61 Å². The number of ether oxygens (including phenoxy) is 2. The van der Waals surface area contributed by atoms with E-state index in [1.54, 1.807) is 14.2 Å². The Morgan fingerprint density at radius 1 is 1.32 bits per heavy atom. The van der Waals surface area contributed by atoms with Crippen LogP contribution < -0.4 is 4.74 Å². The Bertz CT molecular complexity index is 643. The van der Waals surface area contributed by atoms with Crippen molar-refractivity contribution in [2.24, 2.45) is 0 Å². The Hall–Kier alpha value is -1.24. The van der Waals surface area contributed by atoms with Crippen molar-refractivity contribution in [2.75, 3.05) is 14.2 Å². The van der Waals surface area contributed by atoms with Crippen LogP contribution in [0.5, 0.6) is 5.75 Å². The molecule has 0 saturated heterocycles. The molecule has 0 fully saturated rings. The largest absolute Gasteiger partial charge is 0.496 e. The minimum atomic E-state index is 0.425. The van der Waals surface area contributed by atoms with Gasteiger partial charge < -0.3 is 14.5 Å². The summed E-state index contributed by atoms with van der Waals surface area (Å²) in [7, 11) is 3.26. The molecule has 0 atom stereocenters. The monoisotopic (exact) mass is 340 g/mol. The molecule has 0 saturated carbocycles. The summed E-state index contributed by atoms with van der Waals surface area (Å²) in [6.45, 7) is 0.425. The molecule has 0 bridgehead atoms. The van der Waals surface area contributed by atoms with Crippen molar-refractivity contribution in [3.63, 3.8) is 0 Å². The van der Waals surface area contributed by atoms with E-state index in [0.29, 0.717) is 17.1 Å². The quantitative estimate of drug-likeness (QED) is 0.861. The Kier molecular flexibility index (Phi) is 4.68. The smallest absolute Gasteiger partial charge is 0.144 e. The highest BCUT2D eigenvalue weighted by molar-refractivity contribution is 9.10. The van der Waals surface area contributed by atoms with E-state index in [9.17, 15) is 0 Å². The number of nitrogens with zero attached hydrogens (tertiary/aromatic N) is 1. The summed E-state index contributed by atoms with van der Waals surface area (Å²) >= 11 is 8.66. The van der Waals surface area contributed by atoms with Crippen LogP contribution in [0.1, 0.15) is 5.69 Å². The Morgan fingerprint density at radius 2 is 2.05 bits per heavy atom. The predicted molar refractivity (Wildman–Crippen MR) is 79.8 cm³/mol. The summed E-state index contributed by atoms with van der Waals surface area (Å²) in [6, 6.07) is 7.64. The zero-order valence-electron chi connectivity index (χ0n) is 10.6.